The zero-order chi connectivity index (χ0) is 20.7. The van der Waals surface area contributed by atoms with Gasteiger partial charge >= 0.3 is 0 Å². The molecule has 10 heteroatoms. The van der Waals surface area contributed by atoms with Crippen molar-refractivity contribution in [3.05, 3.63) is 62.7 Å². The number of aliphatic hydroxyl groups is 2. The highest BCUT2D eigenvalue weighted by molar-refractivity contribution is 6.32. The minimum Gasteiger partial charge on any atom is -0.495 e. The molecule has 0 aromatic heterocycles. The van der Waals surface area contributed by atoms with E-state index in [2.05, 4.69) is 10.6 Å². The lowest BCUT2D eigenvalue weighted by atomic mass is 10.1. The van der Waals surface area contributed by atoms with Gasteiger partial charge in [0.15, 0.2) is 0 Å². The van der Waals surface area contributed by atoms with E-state index in [4.69, 9.17) is 16.3 Å². The maximum absolute atomic E-state index is 12.6. The summed E-state index contributed by atoms with van der Waals surface area (Å²) in [5.41, 5.74) is 0.735. The van der Waals surface area contributed by atoms with Gasteiger partial charge in [-0.2, -0.15) is 0 Å². The SMILES string of the molecule is COc1cc(CNC(=O)c2cc([N+](=O)[O-])ccc2NC(CO)CO)ccc1Cl. The first-order valence-corrected chi connectivity index (χ1v) is 8.64. The van der Waals surface area contributed by atoms with Crippen molar-refractivity contribution in [2.45, 2.75) is 12.6 Å². The summed E-state index contributed by atoms with van der Waals surface area (Å²) in [4.78, 5) is 23.1. The number of rotatable bonds is 9. The van der Waals surface area contributed by atoms with Gasteiger partial charge in [-0.1, -0.05) is 17.7 Å². The Morgan fingerprint density at radius 1 is 1.25 bits per heavy atom. The Hall–Kier alpha value is -2.88. The van der Waals surface area contributed by atoms with Crippen LogP contribution in [0.25, 0.3) is 0 Å². The van der Waals surface area contributed by atoms with Crippen LogP contribution in [0, 0.1) is 10.1 Å². The Labute approximate surface area is 166 Å². The molecule has 1 amide bonds. The Bertz CT molecular complexity index is 857. The van der Waals surface area contributed by atoms with Crippen molar-refractivity contribution >= 4 is 28.9 Å². The number of nitrogens with one attached hydrogen (secondary N) is 2. The predicted octanol–water partition coefficient (Wildman–Crippen LogP) is 1.95. The van der Waals surface area contributed by atoms with E-state index in [1.807, 2.05) is 0 Å². The molecular weight excluding hydrogens is 390 g/mol. The van der Waals surface area contributed by atoms with Crippen LogP contribution < -0.4 is 15.4 Å². The fourth-order valence-electron chi connectivity index (χ4n) is 2.42. The van der Waals surface area contributed by atoms with Gasteiger partial charge in [-0.25, -0.2) is 0 Å². The molecule has 9 nitrogen and oxygen atoms in total. The van der Waals surface area contributed by atoms with E-state index in [-0.39, 0.29) is 36.7 Å². The standard InChI is InChI=1S/C18H20ClN3O6/c1-28-17-6-11(2-4-15(17)19)8-20-18(25)14-7-13(22(26)27)3-5-16(14)21-12(9-23)10-24/h2-7,12,21,23-24H,8-10H2,1H3,(H,20,25). The van der Waals surface area contributed by atoms with Gasteiger partial charge in [-0.05, 0) is 23.8 Å². The summed E-state index contributed by atoms with van der Waals surface area (Å²) >= 11 is 5.97. The molecule has 150 valence electrons. The summed E-state index contributed by atoms with van der Waals surface area (Å²) in [7, 11) is 1.48. The number of carbonyl (C=O) groups excluding carboxylic acids is 1. The normalized spacial score (nSPS) is 10.6. The number of halogens is 1. The number of carbonyl (C=O) groups is 1. The van der Waals surface area contributed by atoms with Crippen molar-refractivity contribution in [2.24, 2.45) is 0 Å². The van der Waals surface area contributed by atoms with E-state index in [0.717, 1.165) is 11.6 Å². The third-order valence-electron chi connectivity index (χ3n) is 3.93. The number of non-ortho nitro benzene ring substituents is 1. The number of benzene rings is 2. The number of aliphatic hydroxyl groups excluding tert-OH is 2. The zero-order valence-corrected chi connectivity index (χ0v) is 15.8. The van der Waals surface area contributed by atoms with Crippen molar-refractivity contribution in [3.63, 3.8) is 0 Å². The van der Waals surface area contributed by atoms with Gasteiger partial charge in [-0.15, -0.1) is 0 Å². The molecule has 0 aliphatic heterocycles. The topological polar surface area (TPSA) is 134 Å². The lowest BCUT2D eigenvalue weighted by Crippen LogP contribution is -2.30. The number of ether oxygens (including phenoxy) is 1. The lowest BCUT2D eigenvalue weighted by Gasteiger charge is -2.17. The number of methoxy groups -OCH3 is 1. The highest BCUT2D eigenvalue weighted by atomic mass is 35.5. The fourth-order valence-corrected chi connectivity index (χ4v) is 2.61. The van der Waals surface area contributed by atoms with Crippen molar-refractivity contribution in [2.75, 3.05) is 25.6 Å². The van der Waals surface area contributed by atoms with Gasteiger partial charge in [0, 0.05) is 24.4 Å². The average Bonchev–Trinajstić information content (AvgIpc) is 2.70. The number of nitro groups is 1. The largest absolute Gasteiger partial charge is 0.495 e. The van der Waals surface area contributed by atoms with Crippen LogP contribution in [-0.4, -0.2) is 47.4 Å². The number of anilines is 1. The van der Waals surface area contributed by atoms with E-state index < -0.39 is 16.9 Å². The second kappa shape index (κ2) is 9.88. The van der Waals surface area contributed by atoms with Crippen molar-refractivity contribution in [1.29, 1.82) is 0 Å². The first-order chi connectivity index (χ1) is 13.4. The average molecular weight is 410 g/mol. The van der Waals surface area contributed by atoms with Crippen LogP contribution in [0.5, 0.6) is 5.75 Å². The third-order valence-corrected chi connectivity index (χ3v) is 4.24. The van der Waals surface area contributed by atoms with E-state index >= 15 is 0 Å². The summed E-state index contributed by atoms with van der Waals surface area (Å²) in [5.74, 6) is -0.102. The summed E-state index contributed by atoms with van der Waals surface area (Å²) in [6, 6.07) is 8.02. The first-order valence-electron chi connectivity index (χ1n) is 8.27. The van der Waals surface area contributed by atoms with Crippen LogP contribution in [0.3, 0.4) is 0 Å². The maximum atomic E-state index is 12.6. The minimum atomic E-state index is -0.714. The molecule has 0 aliphatic carbocycles. The highest BCUT2D eigenvalue weighted by Crippen LogP contribution is 2.26. The van der Waals surface area contributed by atoms with Crippen molar-refractivity contribution in [3.8, 4) is 5.75 Å². The monoisotopic (exact) mass is 409 g/mol. The van der Waals surface area contributed by atoms with Crippen molar-refractivity contribution in [1.82, 2.24) is 5.32 Å². The Morgan fingerprint density at radius 2 is 1.96 bits per heavy atom. The molecule has 0 bridgehead atoms. The summed E-state index contributed by atoms with van der Waals surface area (Å²) in [6.45, 7) is -0.615. The second-order valence-corrected chi connectivity index (χ2v) is 6.25. The van der Waals surface area contributed by atoms with Gasteiger partial charge in [0.25, 0.3) is 11.6 Å². The molecule has 2 aromatic rings. The van der Waals surface area contributed by atoms with Crippen LogP contribution in [0.1, 0.15) is 15.9 Å². The molecule has 2 rings (SSSR count). The maximum Gasteiger partial charge on any atom is 0.270 e. The minimum absolute atomic E-state index is 0.0158. The van der Waals surface area contributed by atoms with Gasteiger partial charge in [0.2, 0.25) is 0 Å². The molecule has 0 unspecified atom stereocenters. The van der Waals surface area contributed by atoms with E-state index in [9.17, 15) is 25.1 Å². The van der Waals surface area contributed by atoms with Gasteiger partial charge < -0.3 is 25.6 Å². The molecule has 0 saturated carbocycles. The summed E-state index contributed by atoms with van der Waals surface area (Å²) in [5, 5.41) is 35.4. The molecule has 0 heterocycles. The molecule has 0 aliphatic rings. The quantitative estimate of drug-likeness (QED) is 0.367. The van der Waals surface area contributed by atoms with Crippen molar-refractivity contribution < 1.29 is 24.7 Å². The third kappa shape index (κ3) is 5.32. The molecule has 0 spiro atoms. The first kappa shape index (κ1) is 21.4. The number of nitro benzene ring substituents is 1. The highest BCUT2D eigenvalue weighted by Gasteiger charge is 2.19. The predicted molar refractivity (Wildman–Crippen MR) is 104 cm³/mol. The second-order valence-electron chi connectivity index (χ2n) is 5.84. The van der Waals surface area contributed by atoms with Crippen LogP contribution >= 0.6 is 11.6 Å². The van der Waals surface area contributed by atoms with Crippen LogP contribution in [0.2, 0.25) is 5.02 Å². The lowest BCUT2D eigenvalue weighted by molar-refractivity contribution is -0.384. The Kier molecular flexibility index (Phi) is 7.56. The molecule has 0 radical (unpaired) electrons. The number of nitrogens with zero attached hydrogens (tertiary/aromatic N) is 1. The molecular formula is C18H20ClN3O6. The zero-order valence-electron chi connectivity index (χ0n) is 15.0. The van der Waals surface area contributed by atoms with Gasteiger partial charge in [0.05, 0.1) is 41.9 Å². The Balaban J connectivity index is 2.24. The molecule has 28 heavy (non-hydrogen) atoms. The van der Waals surface area contributed by atoms with Gasteiger partial charge in [0.1, 0.15) is 5.75 Å². The summed E-state index contributed by atoms with van der Waals surface area (Å²) in [6.07, 6.45) is 0. The smallest absolute Gasteiger partial charge is 0.270 e. The van der Waals surface area contributed by atoms with Crippen LogP contribution in [0.15, 0.2) is 36.4 Å². The van der Waals surface area contributed by atoms with E-state index in [1.54, 1.807) is 18.2 Å². The number of hydrogen-bond donors (Lipinski definition) is 4. The fraction of sp³-hybridized carbons (Fsp3) is 0.278. The van der Waals surface area contributed by atoms with Gasteiger partial charge in [-0.3, -0.25) is 14.9 Å². The molecule has 0 fully saturated rings. The molecule has 0 saturated heterocycles. The number of amides is 1. The molecule has 2 aromatic carbocycles. The van der Waals surface area contributed by atoms with Crippen LogP contribution in [0.4, 0.5) is 11.4 Å². The van der Waals surface area contributed by atoms with E-state index in [1.165, 1.54) is 19.2 Å². The molecule has 4 N–H and O–H groups in total. The van der Waals surface area contributed by atoms with Crippen LogP contribution in [-0.2, 0) is 6.54 Å². The Morgan fingerprint density at radius 3 is 2.57 bits per heavy atom. The van der Waals surface area contributed by atoms with E-state index in [0.29, 0.717) is 10.8 Å². The molecule has 0 atom stereocenters. The number of hydrogen-bond acceptors (Lipinski definition) is 7. The summed E-state index contributed by atoms with van der Waals surface area (Å²) < 4.78 is 5.13.